The number of hydrogen-bond acceptors (Lipinski definition) is 3. The highest BCUT2D eigenvalue weighted by atomic mass is 32.2. The Balaban J connectivity index is 2.52. The van der Waals surface area contributed by atoms with Crippen LogP contribution in [0.15, 0.2) is 23.4 Å². The van der Waals surface area contributed by atoms with E-state index in [1.54, 1.807) is 0 Å². The first-order valence-electron chi connectivity index (χ1n) is 5.59. The van der Waals surface area contributed by atoms with Crippen LogP contribution in [0.3, 0.4) is 0 Å². The molecule has 0 spiro atoms. The summed E-state index contributed by atoms with van der Waals surface area (Å²) in [6.07, 6.45) is 5.67. The first kappa shape index (κ1) is 12.5. The van der Waals surface area contributed by atoms with Crippen molar-refractivity contribution >= 4 is 11.8 Å². The molecule has 1 heterocycles. The van der Waals surface area contributed by atoms with E-state index in [9.17, 15) is 0 Å². The van der Waals surface area contributed by atoms with Crippen molar-refractivity contribution < 1.29 is 0 Å². The Labute approximate surface area is 96.7 Å². The molecule has 15 heavy (non-hydrogen) atoms. The van der Waals surface area contributed by atoms with E-state index in [2.05, 4.69) is 18.0 Å². The van der Waals surface area contributed by atoms with Crippen LogP contribution < -0.4 is 5.73 Å². The van der Waals surface area contributed by atoms with E-state index >= 15 is 0 Å². The van der Waals surface area contributed by atoms with Crippen LogP contribution in [0.25, 0.3) is 0 Å². The fourth-order valence-corrected chi connectivity index (χ4v) is 2.49. The average Bonchev–Trinajstić information content (AvgIpc) is 2.25. The molecule has 0 fully saturated rings. The third-order valence-corrected chi connectivity index (χ3v) is 3.39. The van der Waals surface area contributed by atoms with Gasteiger partial charge in [0.15, 0.2) is 0 Å². The average molecular weight is 224 g/mol. The molecule has 0 saturated carbocycles. The molecule has 0 bridgehead atoms. The maximum atomic E-state index is 5.89. The highest BCUT2D eigenvalue weighted by Gasteiger charge is 2.07. The lowest BCUT2D eigenvalue weighted by molar-refractivity contribution is 0.769. The minimum Gasteiger partial charge on any atom is -0.324 e. The second-order valence-corrected chi connectivity index (χ2v) is 4.83. The van der Waals surface area contributed by atoms with Crippen molar-refractivity contribution in [3.8, 4) is 0 Å². The lowest BCUT2D eigenvalue weighted by Crippen LogP contribution is -2.07. The highest BCUT2D eigenvalue weighted by molar-refractivity contribution is 7.99. The van der Waals surface area contributed by atoms with Crippen LogP contribution >= 0.6 is 11.8 Å². The zero-order chi connectivity index (χ0) is 11.1. The molecule has 1 aromatic heterocycles. The van der Waals surface area contributed by atoms with Crippen molar-refractivity contribution in [3.05, 3.63) is 23.9 Å². The Morgan fingerprint density at radius 1 is 1.47 bits per heavy atom. The van der Waals surface area contributed by atoms with Gasteiger partial charge in [-0.1, -0.05) is 25.8 Å². The molecule has 0 unspecified atom stereocenters. The molecule has 2 N–H and O–H groups in total. The number of rotatable bonds is 6. The van der Waals surface area contributed by atoms with Crippen LogP contribution in [-0.4, -0.2) is 10.7 Å². The summed E-state index contributed by atoms with van der Waals surface area (Å²) in [5.41, 5.74) is 7.06. The summed E-state index contributed by atoms with van der Waals surface area (Å²) in [6, 6.07) is 4.10. The highest BCUT2D eigenvalue weighted by Crippen LogP contribution is 2.24. The fraction of sp³-hybridized carbons (Fsp3) is 0.583. The molecule has 0 aliphatic rings. The third kappa shape index (κ3) is 4.22. The summed E-state index contributed by atoms with van der Waals surface area (Å²) < 4.78 is 0. The summed E-state index contributed by atoms with van der Waals surface area (Å²) in [5, 5.41) is 1.10. The van der Waals surface area contributed by atoms with Gasteiger partial charge in [-0.15, -0.1) is 11.8 Å². The van der Waals surface area contributed by atoms with Crippen LogP contribution in [-0.2, 0) is 0 Å². The van der Waals surface area contributed by atoms with Crippen LogP contribution in [0, 0.1) is 0 Å². The molecule has 1 atom stereocenters. The molecule has 3 heteroatoms. The number of pyridine rings is 1. The molecule has 1 aromatic rings. The van der Waals surface area contributed by atoms with Gasteiger partial charge in [0, 0.05) is 17.8 Å². The van der Waals surface area contributed by atoms with Crippen molar-refractivity contribution in [2.75, 3.05) is 5.75 Å². The third-order valence-electron chi connectivity index (χ3n) is 2.28. The zero-order valence-electron chi connectivity index (χ0n) is 9.57. The number of thioether (sulfide) groups is 1. The number of unbranched alkanes of at least 4 members (excludes halogenated alkanes) is 2. The Morgan fingerprint density at radius 3 is 2.93 bits per heavy atom. The number of nitrogens with two attached hydrogens (primary N) is 1. The van der Waals surface area contributed by atoms with E-state index in [0.29, 0.717) is 0 Å². The minimum atomic E-state index is 0.0763. The topological polar surface area (TPSA) is 38.9 Å². The van der Waals surface area contributed by atoms with Crippen molar-refractivity contribution in [1.82, 2.24) is 4.98 Å². The lowest BCUT2D eigenvalue weighted by atomic mass is 10.2. The second-order valence-electron chi connectivity index (χ2n) is 3.74. The van der Waals surface area contributed by atoms with E-state index in [1.165, 1.54) is 24.8 Å². The zero-order valence-corrected chi connectivity index (χ0v) is 10.4. The Kier molecular flexibility index (Phi) is 5.73. The Bertz CT molecular complexity index is 287. The van der Waals surface area contributed by atoms with Gasteiger partial charge in [-0.25, -0.2) is 4.98 Å². The van der Waals surface area contributed by atoms with Crippen molar-refractivity contribution in [2.45, 2.75) is 44.2 Å². The minimum absolute atomic E-state index is 0.0763. The van der Waals surface area contributed by atoms with Crippen LogP contribution in [0.4, 0.5) is 0 Å². The quantitative estimate of drug-likeness (QED) is 0.594. The van der Waals surface area contributed by atoms with E-state index in [4.69, 9.17) is 5.73 Å². The van der Waals surface area contributed by atoms with Gasteiger partial charge >= 0.3 is 0 Å². The molecule has 0 aromatic carbocycles. The van der Waals surface area contributed by atoms with Gasteiger partial charge in [0.25, 0.3) is 0 Å². The van der Waals surface area contributed by atoms with Gasteiger partial charge in [-0.3, -0.25) is 0 Å². The predicted octanol–water partition coefficient (Wildman–Crippen LogP) is 3.38. The molecule has 2 nitrogen and oxygen atoms in total. The molecule has 0 aliphatic carbocycles. The molecule has 84 valence electrons. The molecule has 1 rings (SSSR count). The van der Waals surface area contributed by atoms with E-state index < -0.39 is 0 Å². The summed E-state index contributed by atoms with van der Waals surface area (Å²) in [5.74, 6) is 1.14. The maximum absolute atomic E-state index is 5.89. The SMILES string of the molecule is CCCCCSc1ncccc1[C@H](C)N. The van der Waals surface area contributed by atoms with Gasteiger partial charge in [-0.2, -0.15) is 0 Å². The van der Waals surface area contributed by atoms with Crippen LogP contribution in [0.1, 0.15) is 44.7 Å². The standard InChI is InChI=1S/C12H20N2S/c1-3-4-5-9-15-12-11(10(2)13)7-6-8-14-12/h6-8,10H,3-5,9,13H2,1-2H3/t10-/m0/s1. The monoisotopic (exact) mass is 224 g/mol. The smallest absolute Gasteiger partial charge is 0.101 e. The summed E-state index contributed by atoms with van der Waals surface area (Å²) in [4.78, 5) is 4.38. The van der Waals surface area contributed by atoms with Gasteiger partial charge in [0.2, 0.25) is 0 Å². The summed E-state index contributed by atoms with van der Waals surface area (Å²) in [7, 11) is 0. The van der Waals surface area contributed by atoms with E-state index in [-0.39, 0.29) is 6.04 Å². The largest absolute Gasteiger partial charge is 0.324 e. The van der Waals surface area contributed by atoms with Crippen LogP contribution in [0.5, 0.6) is 0 Å². The summed E-state index contributed by atoms with van der Waals surface area (Å²) in [6.45, 7) is 4.23. The number of nitrogens with zero attached hydrogens (tertiary/aromatic N) is 1. The molecule has 0 aliphatic heterocycles. The Hall–Kier alpha value is -0.540. The van der Waals surface area contributed by atoms with Gasteiger partial charge in [-0.05, 0) is 25.2 Å². The first-order valence-corrected chi connectivity index (χ1v) is 6.57. The molecule has 0 amide bonds. The maximum Gasteiger partial charge on any atom is 0.101 e. The predicted molar refractivity (Wildman–Crippen MR) is 67.1 cm³/mol. The second kappa shape index (κ2) is 6.85. The van der Waals surface area contributed by atoms with Gasteiger partial charge in [0.1, 0.15) is 5.03 Å². The molecule has 0 radical (unpaired) electrons. The lowest BCUT2D eigenvalue weighted by Gasteiger charge is -2.10. The van der Waals surface area contributed by atoms with Gasteiger partial charge < -0.3 is 5.73 Å². The number of hydrogen-bond donors (Lipinski definition) is 1. The van der Waals surface area contributed by atoms with Crippen molar-refractivity contribution in [3.63, 3.8) is 0 Å². The first-order chi connectivity index (χ1) is 7.25. The normalized spacial score (nSPS) is 12.7. The fourth-order valence-electron chi connectivity index (χ4n) is 1.39. The summed E-state index contributed by atoms with van der Waals surface area (Å²) >= 11 is 1.82. The van der Waals surface area contributed by atoms with Gasteiger partial charge in [0.05, 0.1) is 0 Å². The van der Waals surface area contributed by atoms with Crippen molar-refractivity contribution in [2.24, 2.45) is 5.73 Å². The van der Waals surface area contributed by atoms with E-state index in [1.807, 2.05) is 30.9 Å². The molecular weight excluding hydrogens is 204 g/mol. The Morgan fingerprint density at radius 2 is 2.27 bits per heavy atom. The molecule has 0 saturated heterocycles. The van der Waals surface area contributed by atoms with Crippen molar-refractivity contribution in [1.29, 1.82) is 0 Å². The molecular formula is C12H20N2S. The van der Waals surface area contributed by atoms with E-state index in [0.717, 1.165) is 10.8 Å². The van der Waals surface area contributed by atoms with Crippen LogP contribution in [0.2, 0.25) is 0 Å². The number of aromatic nitrogens is 1.